The van der Waals surface area contributed by atoms with Crippen molar-refractivity contribution in [3.05, 3.63) is 34.3 Å². The number of likely N-dealkylation sites (N-methyl/N-ethyl adjacent to an activating group) is 1. The Hall–Kier alpha value is -2.26. The standard InChI is InChI=1S/C21H33N7O2/c1-25(10-11-30-3)18-12-20(29)28(22-13-18)17-8-5-9-27(14-17)15-19-23-24-21(26(19)2)16-6-4-7-16/h12-13,16-17H,4-11,14-15H2,1-3H3/t17-/m0/s1. The Balaban J connectivity index is 1.41. The smallest absolute Gasteiger partial charge is 0.269 e. The summed E-state index contributed by atoms with van der Waals surface area (Å²) >= 11 is 0. The molecule has 0 unspecified atom stereocenters. The third kappa shape index (κ3) is 4.41. The normalized spacial score (nSPS) is 20.3. The maximum atomic E-state index is 12.8. The first-order chi connectivity index (χ1) is 14.6. The molecule has 9 nitrogen and oxygen atoms in total. The molecule has 1 atom stereocenters. The lowest BCUT2D eigenvalue weighted by molar-refractivity contribution is 0.155. The fourth-order valence-corrected chi connectivity index (χ4v) is 4.36. The molecule has 0 spiro atoms. The number of aromatic nitrogens is 5. The zero-order chi connectivity index (χ0) is 21.1. The second-order valence-electron chi connectivity index (χ2n) is 8.60. The summed E-state index contributed by atoms with van der Waals surface area (Å²) in [6, 6.07) is 1.76. The van der Waals surface area contributed by atoms with E-state index in [2.05, 4.69) is 31.8 Å². The summed E-state index contributed by atoms with van der Waals surface area (Å²) in [5.41, 5.74) is 0.776. The molecule has 3 heterocycles. The Morgan fingerprint density at radius 1 is 1.23 bits per heavy atom. The lowest BCUT2D eigenvalue weighted by Gasteiger charge is -2.32. The highest BCUT2D eigenvalue weighted by atomic mass is 16.5. The zero-order valence-corrected chi connectivity index (χ0v) is 18.3. The van der Waals surface area contributed by atoms with E-state index in [-0.39, 0.29) is 11.6 Å². The van der Waals surface area contributed by atoms with Gasteiger partial charge in [0, 0.05) is 46.3 Å². The fraction of sp³-hybridized carbons (Fsp3) is 0.714. The summed E-state index contributed by atoms with van der Waals surface area (Å²) in [7, 11) is 5.70. The number of methoxy groups -OCH3 is 1. The van der Waals surface area contributed by atoms with Crippen LogP contribution in [0.2, 0.25) is 0 Å². The quantitative estimate of drug-likeness (QED) is 0.647. The molecule has 2 aliphatic rings. The van der Waals surface area contributed by atoms with Crippen LogP contribution < -0.4 is 10.5 Å². The molecular weight excluding hydrogens is 382 g/mol. The molecule has 2 aromatic rings. The summed E-state index contributed by atoms with van der Waals surface area (Å²) in [5.74, 6) is 2.71. The first-order valence-electron chi connectivity index (χ1n) is 11.0. The summed E-state index contributed by atoms with van der Waals surface area (Å²) in [6.07, 6.45) is 7.54. The van der Waals surface area contributed by atoms with Gasteiger partial charge in [-0.25, -0.2) is 4.68 Å². The zero-order valence-electron chi connectivity index (χ0n) is 18.3. The van der Waals surface area contributed by atoms with Crippen molar-refractivity contribution in [3.8, 4) is 0 Å². The van der Waals surface area contributed by atoms with Gasteiger partial charge in [-0.2, -0.15) is 5.10 Å². The average Bonchev–Trinajstić information content (AvgIpc) is 3.05. The topological polar surface area (TPSA) is 81.3 Å². The number of ether oxygens (including phenoxy) is 1. The van der Waals surface area contributed by atoms with Crippen molar-refractivity contribution in [3.63, 3.8) is 0 Å². The van der Waals surface area contributed by atoms with Crippen LogP contribution in [0, 0.1) is 0 Å². The first kappa shape index (κ1) is 21.0. The predicted molar refractivity (Wildman–Crippen MR) is 115 cm³/mol. The highest BCUT2D eigenvalue weighted by Crippen LogP contribution is 2.35. The van der Waals surface area contributed by atoms with Gasteiger partial charge in [-0.15, -0.1) is 10.2 Å². The minimum absolute atomic E-state index is 0.0467. The van der Waals surface area contributed by atoms with Gasteiger partial charge in [-0.05, 0) is 32.2 Å². The summed E-state index contributed by atoms with van der Waals surface area (Å²) in [5, 5.41) is 13.4. The third-order valence-corrected chi connectivity index (χ3v) is 6.54. The first-order valence-corrected chi connectivity index (χ1v) is 11.0. The van der Waals surface area contributed by atoms with Gasteiger partial charge in [0.1, 0.15) is 11.6 Å². The monoisotopic (exact) mass is 415 g/mol. The van der Waals surface area contributed by atoms with E-state index < -0.39 is 0 Å². The molecule has 1 aliphatic carbocycles. The highest BCUT2D eigenvalue weighted by Gasteiger charge is 2.27. The molecule has 1 aliphatic heterocycles. The molecule has 9 heteroatoms. The molecule has 0 N–H and O–H groups in total. The molecule has 0 bridgehead atoms. The van der Waals surface area contributed by atoms with E-state index in [1.54, 1.807) is 24.1 Å². The Labute approximate surface area is 177 Å². The number of hydrogen-bond donors (Lipinski definition) is 0. The van der Waals surface area contributed by atoms with Gasteiger partial charge < -0.3 is 14.2 Å². The van der Waals surface area contributed by atoms with Crippen molar-refractivity contribution >= 4 is 5.69 Å². The van der Waals surface area contributed by atoms with E-state index in [0.29, 0.717) is 12.5 Å². The van der Waals surface area contributed by atoms with Crippen LogP contribution in [0.1, 0.15) is 55.7 Å². The number of nitrogens with zero attached hydrogens (tertiary/aromatic N) is 7. The molecule has 2 fully saturated rings. The number of rotatable bonds is 8. The van der Waals surface area contributed by atoms with Gasteiger partial charge >= 0.3 is 0 Å². The van der Waals surface area contributed by atoms with Crippen LogP contribution >= 0.6 is 0 Å². The Kier molecular flexibility index (Phi) is 6.48. The van der Waals surface area contributed by atoms with Gasteiger partial charge in [0.2, 0.25) is 0 Å². The third-order valence-electron chi connectivity index (χ3n) is 6.54. The van der Waals surface area contributed by atoms with E-state index in [1.165, 1.54) is 19.3 Å². The number of likely N-dealkylation sites (tertiary alicyclic amines) is 1. The molecule has 30 heavy (non-hydrogen) atoms. The van der Waals surface area contributed by atoms with E-state index >= 15 is 0 Å². The molecule has 164 valence electrons. The lowest BCUT2D eigenvalue weighted by atomic mass is 9.85. The summed E-state index contributed by atoms with van der Waals surface area (Å²) in [6.45, 7) is 3.91. The maximum absolute atomic E-state index is 12.8. The van der Waals surface area contributed by atoms with Gasteiger partial charge in [0.15, 0.2) is 0 Å². The van der Waals surface area contributed by atoms with Crippen molar-refractivity contribution in [2.45, 2.75) is 50.6 Å². The van der Waals surface area contributed by atoms with E-state index in [4.69, 9.17) is 4.74 Å². The molecule has 1 saturated carbocycles. The molecule has 4 rings (SSSR count). The van der Waals surface area contributed by atoms with Crippen LogP contribution in [0.15, 0.2) is 17.1 Å². The molecule has 0 radical (unpaired) electrons. The Morgan fingerprint density at radius 3 is 2.77 bits per heavy atom. The number of hydrogen-bond acceptors (Lipinski definition) is 7. The van der Waals surface area contributed by atoms with Crippen LogP contribution in [0.4, 0.5) is 5.69 Å². The highest BCUT2D eigenvalue weighted by molar-refractivity contribution is 5.41. The minimum atomic E-state index is -0.0467. The van der Waals surface area contributed by atoms with Crippen LogP contribution in [0.5, 0.6) is 0 Å². The van der Waals surface area contributed by atoms with E-state index in [9.17, 15) is 4.79 Å². The molecule has 1 saturated heterocycles. The average molecular weight is 416 g/mol. The second-order valence-corrected chi connectivity index (χ2v) is 8.60. The van der Waals surface area contributed by atoms with Crippen molar-refractivity contribution in [1.29, 1.82) is 0 Å². The van der Waals surface area contributed by atoms with Crippen LogP contribution in [-0.4, -0.2) is 69.8 Å². The van der Waals surface area contributed by atoms with Gasteiger partial charge in [0.25, 0.3) is 5.56 Å². The SMILES string of the molecule is COCCN(C)c1cnn([C@H]2CCCN(Cc3nnc(C4CCC4)n3C)C2)c(=O)c1. The van der Waals surface area contributed by atoms with Crippen molar-refractivity contribution in [2.24, 2.45) is 7.05 Å². The molecule has 0 amide bonds. The number of anilines is 1. The fourth-order valence-electron chi connectivity index (χ4n) is 4.36. The largest absolute Gasteiger partial charge is 0.383 e. The minimum Gasteiger partial charge on any atom is -0.383 e. The van der Waals surface area contributed by atoms with E-state index in [1.807, 2.05) is 11.9 Å². The number of piperidine rings is 1. The maximum Gasteiger partial charge on any atom is 0.269 e. The molecular formula is C21H33N7O2. The van der Waals surface area contributed by atoms with Crippen molar-refractivity contribution in [2.75, 3.05) is 45.3 Å². The van der Waals surface area contributed by atoms with Gasteiger partial charge in [-0.3, -0.25) is 9.69 Å². The van der Waals surface area contributed by atoms with Crippen molar-refractivity contribution in [1.82, 2.24) is 29.4 Å². The summed E-state index contributed by atoms with van der Waals surface area (Å²) in [4.78, 5) is 17.1. The van der Waals surface area contributed by atoms with Crippen molar-refractivity contribution < 1.29 is 4.74 Å². The van der Waals surface area contributed by atoms with Gasteiger partial charge in [0.05, 0.1) is 31.1 Å². The van der Waals surface area contributed by atoms with Gasteiger partial charge in [-0.1, -0.05) is 6.42 Å². The molecule has 2 aromatic heterocycles. The van der Waals surface area contributed by atoms with Crippen LogP contribution in [0.3, 0.4) is 0 Å². The van der Waals surface area contributed by atoms with E-state index in [0.717, 1.165) is 56.4 Å². The van der Waals surface area contributed by atoms with Crippen LogP contribution in [0.25, 0.3) is 0 Å². The lowest BCUT2D eigenvalue weighted by Crippen LogP contribution is -2.40. The van der Waals surface area contributed by atoms with Crippen LogP contribution in [-0.2, 0) is 18.3 Å². The Bertz CT molecular complexity index is 905. The predicted octanol–water partition coefficient (Wildman–Crippen LogP) is 1.56. The summed E-state index contributed by atoms with van der Waals surface area (Å²) < 4.78 is 8.93. The Morgan fingerprint density at radius 2 is 2.07 bits per heavy atom. The molecule has 0 aromatic carbocycles. The second kappa shape index (κ2) is 9.26.